The Labute approximate surface area is 139 Å². The summed E-state index contributed by atoms with van der Waals surface area (Å²) in [5.74, 6) is 1.88. The van der Waals surface area contributed by atoms with Crippen LogP contribution in [0.3, 0.4) is 0 Å². The second-order valence-corrected chi connectivity index (χ2v) is 6.77. The van der Waals surface area contributed by atoms with Crippen molar-refractivity contribution in [2.75, 3.05) is 31.2 Å². The van der Waals surface area contributed by atoms with Crippen LogP contribution in [0.5, 0.6) is 5.75 Å². The maximum Gasteiger partial charge on any atom is 0.241 e. The van der Waals surface area contributed by atoms with Gasteiger partial charge >= 0.3 is 0 Å². The van der Waals surface area contributed by atoms with Crippen LogP contribution < -0.4 is 15.8 Å². The standard InChI is InChI=1S/C18H29N3O2/c1-5-16(21-10-12(2)8-13(3)11-21)18(22)20-15-7-6-14(19)9-17(15)23-4/h6-7,9,12-13,16H,5,8,10-11,19H2,1-4H3,(H,20,22). The van der Waals surface area contributed by atoms with E-state index in [2.05, 4.69) is 31.0 Å². The molecule has 1 fully saturated rings. The van der Waals surface area contributed by atoms with Crippen molar-refractivity contribution in [3.63, 3.8) is 0 Å². The van der Waals surface area contributed by atoms with Crippen LogP contribution in [-0.2, 0) is 4.79 Å². The second kappa shape index (κ2) is 7.68. The minimum Gasteiger partial charge on any atom is -0.494 e. The molecule has 1 aliphatic heterocycles. The maximum atomic E-state index is 12.8. The molecule has 0 aromatic heterocycles. The van der Waals surface area contributed by atoms with Crippen LogP contribution in [0.15, 0.2) is 18.2 Å². The number of hydrogen-bond acceptors (Lipinski definition) is 4. The van der Waals surface area contributed by atoms with Gasteiger partial charge in [-0.1, -0.05) is 20.8 Å². The molecule has 3 atom stereocenters. The summed E-state index contributed by atoms with van der Waals surface area (Å²) in [7, 11) is 1.58. The number of methoxy groups -OCH3 is 1. The summed E-state index contributed by atoms with van der Waals surface area (Å²) in [6, 6.07) is 5.17. The molecule has 0 spiro atoms. The smallest absolute Gasteiger partial charge is 0.241 e. The molecule has 5 heteroatoms. The second-order valence-electron chi connectivity index (χ2n) is 6.77. The Morgan fingerprint density at radius 3 is 2.61 bits per heavy atom. The summed E-state index contributed by atoms with van der Waals surface area (Å²) in [6.45, 7) is 8.55. The van der Waals surface area contributed by atoms with E-state index in [0.29, 0.717) is 29.0 Å². The van der Waals surface area contributed by atoms with Crippen LogP contribution in [0.1, 0.15) is 33.6 Å². The summed E-state index contributed by atoms with van der Waals surface area (Å²) in [5.41, 5.74) is 7.05. The van der Waals surface area contributed by atoms with E-state index in [1.165, 1.54) is 6.42 Å². The predicted octanol–water partition coefficient (Wildman–Crippen LogP) is 2.97. The number of nitrogens with one attached hydrogen (secondary N) is 1. The van der Waals surface area contributed by atoms with Crippen molar-refractivity contribution in [2.45, 2.75) is 39.7 Å². The Hall–Kier alpha value is -1.75. The number of anilines is 2. The fourth-order valence-corrected chi connectivity index (χ4v) is 3.60. The first-order valence-corrected chi connectivity index (χ1v) is 8.43. The lowest BCUT2D eigenvalue weighted by atomic mass is 9.90. The summed E-state index contributed by atoms with van der Waals surface area (Å²) in [5, 5.41) is 3.01. The Morgan fingerprint density at radius 1 is 1.39 bits per heavy atom. The predicted molar refractivity (Wildman–Crippen MR) is 94.6 cm³/mol. The molecule has 0 radical (unpaired) electrons. The van der Waals surface area contributed by atoms with E-state index < -0.39 is 0 Å². The van der Waals surface area contributed by atoms with Crippen LogP contribution >= 0.6 is 0 Å². The van der Waals surface area contributed by atoms with E-state index in [4.69, 9.17) is 10.5 Å². The monoisotopic (exact) mass is 319 g/mol. The molecule has 2 rings (SSSR count). The molecule has 3 N–H and O–H groups in total. The van der Waals surface area contributed by atoms with Crippen molar-refractivity contribution in [3.8, 4) is 5.75 Å². The molecule has 1 aromatic rings. The van der Waals surface area contributed by atoms with E-state index in [-0.39, 0.29) is 11.9 Å². The third kappa shape index (κ3) is 4.38. The minimum atomic E-state index is -0.109. The molecular weight excluding hydrogens is 290 g/mol. The zero-order valence-corrected chi connectivity index (χ0v) is 14.6. The number of likely N-dealkylation sites (tertiary alicyclic amines) is 1. The molecule has 0 bridgehead atoms. The Kier molecular flexibility index (Phi) is 5.88. The number of nitrogens with two attached hydrogens (primary N) is 1. The highest BCUT2D eigenvalue weighted by molar-refractivity contribution is 5.96. The van der Waals surface area contributed by atoms with Gasteiger partial charge in [-0.3, -0.25) is 9.69 Å². The Bertz CT molecular complexity index is 537. The van der Waals surface area contributed by atoms with Gasteiger partial charge < -0.3 is 15.8 Å². The van der Waals surface area contributed by atoms with Crippen molar-refractivity contribution in [1.29, 1.82) is 0 Å². The summed E-state index contributed by atoms with van der Waals surface area (Å²) in [6.07, 6.45) is 2.03. The molecular formula is C18H29N3O2. The quantitative estimate of drug-likeness (QED) is 0.819. The van der Waals surface area contributed by atoms with Crippen molar-refractivity contribution in [1.82, 2.24) is 4.90 Å². The fourth-order valence-electron chi connectivity index (χ4n) is 3.60. The van der Waals surface area contributed by atoms with E-state index in [0.717, 1.165) is 19.5 Å². The third-order valence-corrected chi connectivity index (χ3v) is 4.51. The van der Waals surface area contributed by atoms with Gasteiger partial charge in [-0.2, -0.15) is 0 Å². The number of piperidine rings is 1. The zero-order chi connectivity index (χ0) is 17.0. The van der Waals surface area contributed by atoms with Crippen molar-refractivity contribution in [3.05, 3.63) is 18.2 Å². The third-order valence-electron chi connectivity index (χ3n) is 4.51. The normalized spacial score (nSPS) is 23.3. The summed E-state index contributed by atoms with van der Waals surface area (Å²) < 4.78 is 5.31. The van der Waals surface area contributed by atoms with E-state index in [1.54, 1.807) is 25.3 Å². The highest BCUT2D eigenvalue weighted by Gasteiger charge is 2.30. The van der Waals surface area contributed by atoms with E-state index >= 15 is 0 Å². The van der Waals surface area contributed by atoms with Gasteiger partial charge in [0.2, 0.25) is 5.91 Å². The molecule has 5 nitrogen and oxygen atoms in total. The number of amides is 1. The molecule has 1 aromatic carbocycles. The lowest BCUT2D eigenvalue weighted by Crippen LogP contribution is -2.50. The summed E-state index contributed by atoms with van der Waals surface area (Å²) in [4.78, 5) is 15.1. The lowest BCUT2D eigenvalue weighted by molar-refractivity contribution is -0.122. The highest BCUT2D eigenvalue weighted by Crippen LogP contribution is 2.28. The largest absolute Gasteiger partial charge is 0.494 e. The first-order chi connectivity index (χ1) is 10.9. The van der Waals surface area contributed by atoms with Gasteiger partial charge in [-0.05, 0) is 36.8 Å². The molecule has 3 unspecified atom stereocenters. The SMILES string of the molecule is CCC(C(=O)Nc1ccc(N)cc1OC)N1CC(C)CC(C)C1. The molecule has 0 saturated carbocycles. The highest BCUT2D eigenvalue weighted by atomic mass is 16.5. The van der Waals surface area contributed by atoms with Crippen LogP contribution in [0, 0.1) is 11.8 Å². The van der Waals surface area contributed by atoms with Crippen LogP contribution in [0.25, 0.3) is 0 Å². The molecule has 1 aliphatic rings. The van der Waals surface area contributed by atoms with Gasteiger partial charge in [-0.15, -0.1) is 0 Å². The number of hydrogen-bond donors (Lipinski definition) is 2. The Balaban J connectivity index is 2.11. The van der Waals surface area contributed by atoms with Gasteiger partial charge in [0.1, 0.15) is 5.75 Å². The molecule has 0 aliphatic carbocycles. The van der Waals surface area contributed by atoms with Gasteiger partial charge in [0, 0.05) is 24.8 Å². The van der Waals surface area contributed by atoms with E-state index in [1.807, 2.05) is 0 Å². The van der Waals surface area contributed by atoms with Gasteiger partial charge in [0.05, 0.1) is 18.8 Å². The fraction of sp³-hybridized carbons (Fsp3) is 0.611. The molecule has 128 valence electrons. The summed E-state index contributed by atoms with van der Waals surface area (Å²) >= 11 is 0. The number of carbonyl (C=O) groups is 1. The molecule has 1 heterocycles. The van der Waals surface area contributed by atoms with Crippen LogP contribution in [-0.4, -0.2) is 37.0 Å². The number of ether oxygens (including phenoxy) is 1. The number of rotatable bonds is 5. The maximum absolute atomic E-state index is 12.8. The van der Waals surface area contributed by atoms with Crippen molar-refractivity contribution in [2.24, 2.45) is 11.8 Å². The number of carbonyl (C=O) groups excluding carboxylic acids is 1. The minimum absolute atomic E-state index is 0.0249. The molecule has 1 amide bonds. The van der Waals surface area contributed by atoms with E-state index in [9.17, 15) is 4.79 Å². The average molecular weight is 319 g/mol. The van der Waals surface area contributed by atoms with Crippen molar-refractivity contribution < 1.29 is 9.53 Å². The zero-order valence-electron chi connectivity index (χ0n) is 14.6. The first kappa shape index (κ1) is 17.6. The van der Waals surface area contributed by atoms with Crippen molar-refractivity contribution >= 4 is 17.3 Å². The van der Waals surface area contributed by atoms with Gasteiger partial charge in [-0.25, -0.2) is 0 Å². The first-order valence-electron chi connectivity index (χ1n) is 8.43. The molecule has 23 heavy (non-hydrogen) atoms. The number of nitrogen functional groups attached to an aromatic ring is 1. The topological polar surface area (TPSA) is 67.6 Å². The lowest BCUT2D eigenvalue weighted by Gasteiger charge is -2.39. The molecule has 1 saturated heterocycles. The van der Waals surface area contributed by atoms with Crippen LogP contribution in [0.2, 0.25) is 0 Å². The number of benzene rings is 1. The van der Waals surface area contributed by atoms with Crippen LogP contribution in [0.4, 0.5) is 11.4 Å². The van der Waals surface area contributed by atoms with Gasteiger partial charge in [0.25, 0.3) is 0 Å². The van der Waals surface area contributed by atoms with Gasteiger partial charge in [0.15, 0.2) is 0 Å². The number of nitrogens with zero attached hydrogens (tertiary/aromatic N) is 1. The Morgan fingerprint density at radius 2 is 2.04 bits per heavy atom. The average Bonchev–Trinajstić information content (AvgIpc) is 2.48.